The van der Waals surface area contributed by atoms with Crippen LogP contribution < -0.4 is 0 Å². The molecule has 0 aliphatic rings. The predicted octanol–water partition coefficient (Wildman–Crippen LogP) is 2.54. The molecule has 16 heavy (non-hydrogen) atoms. The first-order chi connectivity index (χ1) is 7.48. The predicted molar refractivity (Wildman–Crippen MR) is 62.8 cm³/mol. The molecule has 0 saturated heterocycles. The molecule has 0 aliphatic carbocycles. The summed E-state index contributed by atoms with van der Waals surface area (Å²) in [6, 6.07) is 2.21. The first-order valence-corrected chi connectivity index (χ1v) is 5.80. The third kappa shape index (κ3) is 3.34. The first-order valence-electron chi connectivity index (χ1n) is 5.80. The summed E-state index contributed by atoms with van der Waals surface area (Å²) < 4.78 is 1.73. The summed E-state index contributed by atoms with van der Waals surface area (Å²) in [6.45, 7) is 9.33. The molecule has 0 spiro atoms. The van der Waals surface area contributed by atoms with Crippen molar-refractivity contribution in [3.8, 4) is 6.07 Å². The van der Waals surface area contributed by atoms with Crippen molar-refractivity contribution in [2.45, 2.75) is 53.5 Å². The zero-order valence-electron chi connectivity index (χ0n) is 10.6. The lowest BCUT2D eigenvalue weighted by Crippen LogP contribution is -2.11. The topological polar surface area (TPSA) is 54.5 Å². The molecule has 0 amide bonds. The van der Waals surface area contributed by atoms with Crippen LogP contribution in [0.25, 0.3) is 0 Å². The molecule has 0 atom stereocenters. The molecule has 1 aromatic heterocycles. The van der Waals surface area contributed by atoms with Gasteiger partial charge < -0.3 is 0 Å². The van der Waals surface area contributed by atoms with Crippen LogP contribution in [0.1, 0.15) is 51.9 Å². The Labute approximate surface area is 97.3 Å². The van der Waals surface area contributed by atoms with E-state index in [1.165, 1.54) is 0 Å². The Balaban J connectivity index is 2.87. The maximum Gasteiger partial charge on any atom is 0.161 e. The number of nitriles is 1. The maximum absolute atomic E-state index is 9.13. The van der Waals surface area contributed by atoms with Gasteiger partial charge in [-0.15, -0.1) is 5.10 Å². The van der Waals surface area contributed by atoms with Crippen molar-refractivity contribution in [1.29, 1.82) is 5.26 Å². The third-order valence-electron chi connectivity index (χ3n) is 2.33. The second-order valence-corrected chi connectivity index (χ2v) is 5.31. The molecule has 4 heteroatoms. The van der Waals surface area contributed by atoms with Gasteiger partial charge in [0.15, 0.2) is 5.69 Å². The molecule has 1 rings (SSSR count). The van der Waals surface area contributed by atoms with E-state index in [4.69, 9.17) is 5.26 Å². The van der Waals surface area contributed by atoms with E-state index in [0.29, 0.717) is 5.69 Å². The van der Waals surface area contributed by atoms with Gasteiger partial charge in [0.1, 0.15) is 11.8 Å². The number of hydrogen-bond acceptors (Lipinski definition) is 3. The van der Waals surface area contributed by atoms with Gasteiger partial charge in [-0.3, -0.25) is 0 Å². The molecule has 1 heterocycles. The monoisotopic (exact) mass is 220 g/mol. The van der Waals surface area contributed by atoms with Crippen LogP contribution in [0, 0.1) is 16.7 Å². The summed E-state index contributed by atoms with van der Waals surface area (Å²) >= 11 is 0. The number of rotatable bonds is 4. The van der Waals surface area contributed by atoms with Crippen LogP contribution in [0.15, 0.2) is 0 Å². The molecule has 0 fully saturated rings. The van der Waals surface area contributed by atoms with E-state index in [0.717, 1.165) is 31.5 Å². The summed E-state index contributed by atoms with van der Waals surface area (Å²) in [6.07, 6.45) is 2.92. The fourth-order valence-electron chi connectivity index (χ4n) is 1.56. The highest BCUT2D eigenvalue weighted by atomic mass is 15.4. The molecule has 0 unspecified atom stereocenters. The Bertz CT molecular complexity index is 379. The number of unbranched alkanes of at least 4 members (excludes halogenated alkanes) is 1. The zero-order chi connectivity index (χ0) is 12.2. The average Bonchev–Trinajstić information content (AvgIpc) is 2.54. The largest absolute Gasteiger partial charge is 0.234 e. The SMILES string of the molecule is CCCCn1nnc(CC(C)(C)C)c1C#N. The molecular formula is C12H20N4. The highest BCUT2D eigenvalue weighted by Crippen LogP contribution is 2.21. The van der Waals surface area contributed by atoms with Crippen molar-refractivity contribution in [1.82, 2.24) is 15.0 Å². The summed E-state index contributed by atoms with van der Waals surface area (Å²) in [5, 5.41) is 17.3. The fraction of sp³-hybridized carbons (Fsp3) is 0.750. The van der Waals surface area contributed by atoms with Crippen LogP contribution in [0.3, 0.4) is 0 Å². The molecule has 0 aliphatic heterocycles. The molecule has 0 radical (unpaired) electrons. The lowest BCUT2D eigenvalue weighted by atomic mass is 9.90. The summed E-state index contributed by atoms with van der Waals surface area (Å²) in [5.41, 5.74) is 1.59. The first kappa shape index (κ1) is 12.7. The molecule has 88 valence electrons. The highest BCUT2D eigenvalue weighted by molar-refractivity contribution is 5.25. The zero-order valence-corrected chi connectivity index (χ0v) is 10.6. The Morgan fingerprint density at radius 2 is 2.06 bits per heavy atom. The van der Waals surface area contributed by atoms with Crippen molar-refractivity contribution < 1.29 is 0 Å². The van der Waals surface area contributed by atoms with E-state index in [9.17, 15) is 0 Å². The van der Waals surface area contributed by atoms with Crippen LogP contribution in [-0.4, -0.2) is 15.0 Å². The van der Waals surface area contributed by atoms with E-state index in [2.05, 4.69) is 44.1 Å². The summed E-state index contributed by atoms with van der Waals surface area (Å²) in [5.74, 6) is 0. The molecule has 1 aromatic rings. The fourth-order valence-corrected chi connectivity index (χ4v) is 1.56. The quantitative estimate of drug-likeness (QED) is 0.783. The van der Waals surface area contributed by atoms with Gasteiger partial charge in [0.05, 0.1) is 0 Å². The van der Waals surface area contributed by atoms with Crippen LogP contribution in [0.5, 0.6) is 0 Å². The van der Waals surface area contributed by atoms with E-state index in [1.807, 2.05) is 0 Å². The van der Waals surface area contributed by atoms with Crippen LogP contribution in [0.4, 0.5) is 0 Å². The van der Waals surface area contributed by atoms with Gasteiger partial charge in [0.2, 0.25) is 0 Å². The minimum Gasteiger partial charge on any atom is -0.234 e. The van der Waals surface area contributed by atoms with Gasteiger partial charge in [-0.25, -0.2) is 4.68 Å². The highest BCUT2D eigenvalue weighted by Gasteiger charge is 2.19. The normalized spacial score (nSPS) is 11.4. The third-order valence-corrected chi connectivity index (χ3v) is 2.33. The molecule has 0 bridgehead atoms. The van der Waals surface area contributed by atoms with Gasteiger partial charge in [-0.1, -0.05) is 39.3 Å². The van der Waals surface area contributed by atoms with Gasteiger partial charge in [-0.05, 0) is 18.3 Å². The van der Waals surface area contributed by atoms with Gasteiger partial charge in [0, 0.05) is 6.54 Å². The van der Waals surface area contributed by atoms with Crippen molar-refractivity contribution in [3.63, 3.8) is 0 Å². The van der Waals surface area contributed by atoms with E-state index in [-0.39, 0.29) is 5.41 Å². The number of aryl methyl sites for hydroxylation is 1. The lowest BCUT2D eigenvalue weighted by molar-refractivity contribution is 0.405. The smallest absolute Gasteiger partial charge is 0.161 e. The van der Waals surface area contributed by atoms with E-state index < -0.39 is 0 Å². The standard InChI is InChI=1S/C12H20N4/c1-5-6-7-16-11(9-13)10(14-15-16)8-12(2,3)4/h5-8H2,1-4H3. The minimum absolute atomic E-state index is 0.136. The average molecular weight is 220 g/mol. The summed E-state index contributed by atoms with van der Waals surface area (Å²) in [7, 11) is 0. The lowest BCUT2D eigenvalue weighted by Gasteiger charge is -2.15. The van der Waals surface area contributed by atoms with Crippen LogP contribution >= 0.6 is 0 Å². The number of nitrogens with zero attached hydrogens (tertiary/aromatic N) is 4. The molecular weight excluding hydrogens is 200 g/mol. The Morgan fingerprint density at radius 1 is 1.38 bits per heavy atom. The van der Waals surface area contributed by atoms with Gasteiger partial charge in [0.25, 0.3) is 0 Å². The Kier molecular flexibility index (Phi) is 4.05. The van der Waals surface area contributed by atoms with Crippen molar-refractivity contribution >= 4 is 0 Å². The van der Waals surface area contributed by atoms with Gasteiger partial charge >= 0.3 is 0 Å². The molecule has 0 aromatic carbocycles. The number of aromatic nitrogens is 3. The molecule has 0 N–H and O–H groups in total. The Morgan fingerprint density at radius 3 is 2.56 bits per heavy atom. The van der Waals surface area contributed by atoms with Gasteiger partial charge in [-0.2, -0.15) is 5.26 Å². The Hall–Kier alpha value is -1.37. The number of hydrogen-bond donors (Lipinski definition) is 0. The van der Waals surface area contributed by atoms with E-state index in [1.54, 1.807) is 4.68 Å². The van der Waals surface area contributed by atoms with Crippen LogP contribution in [0.2, 0.25) is 0 Å². The van der Waals surface area contributed by atoms with Crippen molar-refractivity contribution in [2.75, 3.05) is 0 Å². The summed E-state index contributed by atoms with van der Waals surface area (Å²) in [4.78, 5) is 0. The minimum atomic E-state index is 0.136. The second kappa shape index (κ2) is 5.11. The van der Waals surface area contributed by atoms with Crippen molar-refractivity contribution in [2.24, 2.45) is 5.41 Å². The molecule has 4 nitrogen and oxygen atoms in total. The second-order valence-electron chi connectivity index (χ2n) is 5.31. The van der Waals surface area contributed by atoms with E-state index >= 15 is 0 Å². The maximum atomic E-state index is 9.13. The molecule has 0 saturated carbocycles. The van der Waals surface area contributed by atoms with Crippen LogP contribution in [-0.2, 0) is 13.0 Å². The van der Waals surface area contributed by atoms with Crippen molar-refractivity contribution in [3.05, 3.63) is 11.4 Å².